The molecule has 6 nitrogen and oxygen atoms in total. The van der Waals surface area contributed by atoms with Crippen molar-refractivity contribution in [2.24, 2.45) is 0 Å². The van der Waals surface area contributed by atoms with Crippen LogP contribution in [0.25, 0.3) is 0 Å². The van der Waals surface area contributed by atoms with E-state index >= 15 is 0 Å². The Kier molecular flexibility index (Phi) is 6.51. The van der Waals surface area contributed by atoms with Crippen molar-refractivity contribution in [1.29, 1.82) is 0 Å². The molecular formula is C20H23NO5S. The van der Waals surface area contributed by atoms with Gasteiger partial charge in [-0.3, -0.25) is 4.79 Å². The molecule has 0 saturated heterocycles. The van der Waals surface area contributed by atoms with E-state index in [1.165, 1.54) is 38.4 Å². The number of ketones is 1. The third-order valence-corrected chi connectivity index (χ3v) is 5.89. The molecule has 0 aliphatic rings. The van der Waals surface area contributed by atoms with Crippen molar-refractivity contribution in [2.45, 2.75) is 24.7 Å². The molecule has 7 heteroatoms. The number of sulfonamides is 1. The number of benzene rings is 2. The van der Waals surface area contributed by atoms with Gasteiger partial charge in [0.05, 0.1) is 10.5 Å². The zero-order valence-electron chi connectivity index (χ0n) is 15.8. The third kappa shape index (κ3) is 5.02. The average Bonchev–Trinajstić information content (AvgIpc) is 2.65. The molecule has 27 heavy (non-hydrogen) atoms. The molecule has 0 saturated carbocycles. The number of hydrogen-bond acceptors (Lipinski definition) is 5. The Morgan fingerprint density at radius 2 is 1.63 bits per heavy atom. The normalized spacial score (nSPS) is 11.6. The van der Waals surface area contributed by atoms with Gasteiger partial charge in [-0.05, 0) is 29.7 Å². The van der Waals surface area contributed by atoms with Gasteiger partial charge < -0.3 is 4.74 Å². The van der Waals surface area contributed by atoms with E-state index in [9.17, 15) is 18.0 Å². The molecule has 2 aromatic carbocycles. The van der Waals surface area contributed by atoms with E-state index in [4.69, 9.17) is 4.74 Å². The number of carbonyl (C=O) groups is 2. The van der Waals surface area contributed by atoms with E-state index in [-0.39, 0.29) is 16.2 Å². The van der Waals surface area contributed by atoms with E-state index in [1.807, 2.05) is 12.1 Å². The molecule has 0 radical (unpaired) electrons. The van der Waals surface area contributed by atoms with Crippen molar-refractivity contribution in [2.75, 3.05) is 20.7 Å². The maximum atomic E-state index is 12.2. The third-order valence-electron chi connectivity index (χ3n) is 4.08. The summed E-state index contributed by atoms with van der Waals surface area (Å²) in [5.41, 5.74) is 1.64. The van der Waals surface area contributed by atoms with Crippen LogP contribution in [0.3, 0.4) is 0 Å². The monoisotopic (exact) mass is 389 g/mol. The van der Waals surface area contributed by atoms with Crippen LogP contribution >= 0.6 is 0 Å². The van der Waals surface area contributed by atoms with Gasteiger partial charge >= 0.3 is 5.97 Å². The Hall–Kier alpha value is -2.51. The molecule has 0 heterocycles. The molecule has 144 valence electrons. The van der Waals surface area contributed by atoms with Gasteiger partial charge in [0.15, 0.2) is 12.4 Å². The van der Waals surface area contributed by atoms with Gasteiger partial charge in [-0.1, -0.05) is 44.2 Å². The van der Waals surface area contributed by atoms with Crippen LogP contribution < -0.4 is 0 Å². The molecule has 2 aromatic rings. The van der Waals surface area contributed by atoms with Crippen LogP contribution in [0.2, 0.25) is 0 Å². The first-order chi connectivity index (χ1) is 12.6. The molecule has 0 aromatic heterocycles. The lowest BCUT2D eigenvalue weighted by atomic mass is 10.0. The molecule has 2 rings (SSSR count). The number of nitrogens with zero attached hydrogens (tertiary/aromatic N) is 1. The molecule has 0 aliphatic carbocycles. The van der Waals surface area contributed by atoms with Gasteiger partial charge in [0.1, 0.15) is 0 Å². The summed E-state index contributed by atoms with van der Waals surface area (Å²) in [6.45, 7) is 3.71. The lowest BCUT2D eigenvalue weighted by Gasteiger charge is -2.12. The highest BCUT2D eigenvalue weighted by Gasteiger charge is 2.19. The summed E-state index contributed by atoms with van der Waals surface area (Å²) in [7, 11) is -0.847. The van der Waals surface area contributed by atoms with Gasteiger partial charge in [0.25, 0.3) is 0 Å². The van der Waals surface area contributed by atoms with Crippen LogP contribution in [-0.4, -0.2) is 45.2 Å². The van der Waals surface area contributed by atoms with Crippen LogP contribution in [-0.2, 0) is 14.8 Å². The molecule has 0 fully saturated rings. The maximum Gasteiger partial charge on any atom is 0.338 e. The highest BCUT2D eigenvalue weighted by Crippen LogP contribution is 2.17. The summed E-state index contributed by atoms with van der Waals surface area (Å²) < 4.78 is 30.4. The fraction of sp³-hybridized carbons (Fsp3) is 0.300. The Morgan fingerprint density at radius 1 is 1.00 bits per heavy atom. The zero-order chi connectivity index (χ0) is 20.2. The van der Waals surface area contributed by atoms with Crippen molar-refractivity contribution in [3.8, 4) is 0 Å². The van der Waals surface area contributed by atoms with Crippen LogP contribution in [0.5, 0.6) is 0 Å². The maximum absolute atomic E-state index is 12.2. The first-order valence-corrected chi connectivity index (χ1v) is 9.90. The number of carbonyl (C=O) groups excluding carboxylic acids is 2. The summed E-state index contributed by atoms with van der Waals surface area (Å²) in [6, 6.07) is 12.7. The molecule has 0 atom stereocenters. The predicted molar refractivity (Wildman–Crippen MR) is 102 cm³/mol. The van der Waals surface area contributed by atoms with E-state index in [0.29, 0.717) is 11.5 Å². The summed E-state index contributed by atoms with van der Waals surface area (Å²) in [4.78, 5) is 24.4. The minimum absolute atomic E-state index is 0.0162. The SMILES string of the molecule is CC(C)c1ccc(C(=O)COC(=O)c2cccc(S(=O)(=O)N(C)C)c2)cc1. The van der Waals surface area contributed by atoms with Crippen molar-refractivity contribution < 1.29 is 22.7 Å². The second-order valence-electron chi connectivity index (χ2n) is 6.59. The van der Waals surface area contributed by atoms with E-state index < -0.39 is 22.6 Å². The Bertz CT molecular complexity index is 931. The minimum atomic E-state index is -3.66. The highest BCUT2D eigenvalue weighted by atomic mass is 32.2. The van der Waals surface area contributed by atoms with Gasteiger partial charge in [0.2, 0.25) is 10.0 Å². The Balaban J connectivity index is 2.06. The van der Waals surface area contributed by atoms with E-state index in [2.05, 4.69) is 13.8 Å². The van der Waals surface area contributed by atoms with Crippen molar-refractivity contribution in [1.82, 2.24) is 4.31 Å². The van der Waals surface area contributed by atoms with Crippen LogP contribution in [0.15, 0.2) is 53.4 Å². The molecule has 0 aliphatic heterocycles. The summed E-state index contributed by atoms with van der Waals surface area (Å²) in [6.07, 6.45) is 0. The second kappa shape index (κ2) is 8.45. The molecule has 0 unspecified atom stereocenters. The predicted octanol–water partition coefficient (Wildman–Crippen LogP) is 3.10. The first kappa shape index (κ1) is 20.8. The Labute approximate surface area is 159 Å². The van der Waals surface area contributed by atoms with Crippen molar-refractivity contribution >= 4 is 21.8 Å². The lowest BCUT2D eigenvalue weighted by Crippen LogP contribution is -2.22. The number of Topliss-reactive ketones (excluding diaryl/α,β-unsaturated/α-hetero) is 1. The minimum Gasteiger partial charge on any atom is -0.454 e. The fourth-order valence-electron chi connectivity index (χ4n) is 2.35. The smallest absolute Gasteiger partial charge is 0.338 e. The largest absolute Gasteiger partial charge is 0.454 e. The number of hydrogen-bond donors (Lipinski definition) is 0. The zero-order valence-corrected chi connectivity index (χ0v) is 16.6. The molecule has 0 spiro atoms. The molecule has 0 N–H and O–H groups in total. The Morgan fingerprint density at radius 3 is 2.19 bits per heavy atom. The molecule has 0 amide bonds. The summed E-state index contributed by atoms with van der Waals surface area (Å²) in [5, 5.41) is 0. The van der Waals surface area contributed by atoms with Crippen LogP contribution in [0, 0.1) is 0 Å². The quantitative estimate of drug-likeness (QED) is 0.537. The van der Waals surface area contributed by atoms with E-state index in [1.54, 1.807) is 12.1 Å². The van der Waals surface area contributed by atoms with Crippen molar-refractivity contribution in [3.63, 3.8) is 0 Å². The van der Waals surface area contributed by atoms with Gasteiger partial charge in [-0.2, -0.15) is 0 Å². The highest BCUT2D eigenvalue weighted by molar-refractivity contribution is 7.89. The fourth-order valence-corrected chi connectivity index (χ4v) is 3.29. The number of rotatable bonds is 7. The van der Waals surface area contributed by atoms with Gasteiger partial charge in [-0.25, -0.2) is 17.5 Å². The lowest BCUT2D eigenvalue weighted by molar-refractivity contribution is 0.0474. The van der Waals surface area contributed by atoms with Gasteiger partial charge in [0, 0.05) is 19.7 Å². The first-order valence-electron chi connectivity index (χ1n) is 8.46. The van der Waals surface area contributed by atoms with E-state index in [0.717, 1.165) is 9.87 Å². The summed E-state index contributed by atoms with van der Waals surface area (Å²) >= 11 is 0. The van der Waals surface area contributed by atoms with Crippen LogP contribution in [0.4, 0.5) is 0 Å². The second-order valence-corrected chi connectivity index (χ2v) is 8.74. The average molecular weight is 389 g/mol. The summed E-state index contributed by atoms with van der Waals surface area (Å²) in [5.74, 6) is -0.716. The number of ether oxygens (including phenoxy) is 1. The van der Waals surface area contributed by atoms with Crippen LogP contribution in [0.1, 0.15) is 46.0 Å². The van der Waals surface area contributed by atoms with Gasteiger partial charge in [-0.15, -0.1) is 0 Å². The standard InChI is InChI=1S/C20H23NO5S/c1-14(2)15-8-10-16(11-9-15)19(22)13-26-20(23)17-6-5-7-18(12-17)27(24,25)21(3)4/h5-12,14H,13H2,1-4H3. The van der Waals surface area contributed by atoms with Crippen molar-refractivity contribution in [3.05, 3.63) is 65.2 Å². The molecule has 0 bridgehead atoms. The topological polar surface area (TPSA) is 80.8 Å². The molecular weight excluding hydrogens is 366 g/mol. The number of esters is 1.